The number of imidazole rings is 1. The quantitative estimate of drug-likeness (QED) is 0.286. The van der Waals surface area contributed by atoms with Gasteiger partial charge in [-0.15, -0.1) is 0 Å². The van der Waals surface area contributed by atoms with Crippen molar-refractivity contribution in [2.45, 2.75) is 38.9 Å². The highest BCUT2D eigenvalue weighted by molar-refractivity contribution is 5.96. The van der Waals surface area contributed by atoms with Gasteiger partial charge in [-0.1, -0.05) is 6.92 Å². The summed E-state index contributed by atoms with van der Waals surface area (Å²) in [6, 6.07) is 6.31. The predicted octanol–water partition coefficient (Wildman–Crippen LogP) is 3.80. The maximum atomic E-state index is 15.5. The maximum absolute atomic E-state index is 15.5. The molecule has 44 heavy (non-hydrogen) atoms. The van der Waals surface area contributed by atoms with Gasteiger partial charge in [-0.2, -0.15) is 9.61 Å². The van der Waals surface area contributed by atoms with E-state index in [0.29, 0.717) is 24.3 Å². The molecule has 12 nitrogen and oxygen atoms in total. The van der Waals surface area contributed by atoms with Crippen molar-refractivity contribution in [1.82, 2.24) is 29.8 Å². The lowest BCUT2D eigenvalue weighted by molar-refractivity contribution is 0.0905. The first kappa shape index (κ1) is 30.6. The van der Waals surface area contributed by atoms with Crippen molar-refractivity contribution in [2.24, 2.45) is 11.7 Å². The molecular formula is C30H35F2N9O3. The van der Waals surface area contributed by atoms with Crippen molar-refractivity contribution in [2.75, 3.05) is 37.5 Å². The number of hydrogen-bond donors (Lipinski definition) is 3. The summed E-state index contributed by atoms with van der Waals surface area (Å²) in [5.41, 5.74) is 7.81. The molecule has 0 bridgehead atoms. The van der Waals surface area contributed by atoms with E-state index >= 15 is 4.39 Å². The van der Waals surface area contributed by atoms with E-state index in [1.165, 1.54) is 22.6 Å². The first-order chi connectivity index (χ1) is 21.0. The Kier molecular flexibility index (Phi) is 8.63. The molecule has 0 radical (unpaired) electrons. The zero-order chi connectivity index (χ0) is 31.7. The van der Waals surface area contributed by atoms with E-state index in [2.05, 4.69) is 30.6 Å². The standard InChI is InChI=1S/C30H35F2N9O3/c1-16(2)36-28(42)19-7-8-20(31)25(26(19)32)22-9-6-18-12-35-29(41(18)38-22)37-23-13-34-11-10-24(23)40-14-17(3)27(21(33)15-40)39(4)30(43)44-5/h6-13,16-17,21,27H,14-15,33H2,1-5H3,(H,35,37)(H,36,42)/t17-,21+,27-/m0/s1. The molecule has 1 saturated heterocycles. The number of likely N-dealkylation sites (N-methyl/N-ethyl adjacent to an activating group) is 1. The number of carbonyl (C=O) groups is 2. The van der Waals surface area contributed by atoms with Crippen LogP contribution in [0.25, 0.3) is 16.8 Å². The fraction of sp³-hybridized carbons (Fsp3) is 0.367. The lowest BCUT2D eigenvalue weighted by atomic mass is 9.89. The zero-order valence-corrected chi connectivity index (χ0v) is 25.1. The molecule has 0 aliphatic carbocycles. The summed E-state index contributed by atoms with van der Waals surface area (Å²) in [6.07, 6.45) is 4.43. The summed E-state index contributed by atoms with van der Waals surface area (Å²) in [7, 11) is 3.02. The average Bonchev–Trinajstić information content (AvgIpc) is 3.38. The number of pyridine rings is 1. The van der Waals surface area contributed by atoms with E-state index in [9.17, 15) is 14.0 Å². The number of fused-ring (bicyclic) bond motifs is 1. The van der Waals surface area contributed by atoms with Crippen LogP contribution in [0.1, 0.15) is 31.1 Å². The minimum atomic E-state index is -1.01. The van der Waals surface area contributed by atoms with Crippen LogP contribution in [0.2, 0.25) is 0 Å². The second-order valence-corrected chi connectivity index (χ2v) is 11.2. The van der Waals surface area contributed by atoms with Gasteiger partial charge in [0.05, 0.1) is 59.3 Å². The van der Waals surface area contributed by atoms with Gasteiger partial charge in [-0.3, -0.25) is 9.78 Å². The molecule has 1 fully saturated rings. The average molecular weight is 608 g/mol. The summed E-state index contributed by atoms with van der Waals surface area (Å²) in [4.78, 5) is 37.1. The van der Waals surface area contributed by atoms with Crippen molar-refractivity contribution in [3.63, 3.8) is 0 Å². The summed E-state index contributed by atoms with van der Waals surface area (Å²) >= 11 is 0. The van der Waals surface area contributed by atoms with Crippen molar-refractivity contribution >= 4 is 34.8 Å². The number of nitrogens with zero attached hydrogens (tertiary/aromatic N) is 6. The van der Waals surface area contributed by atoms with Crippen LogP contribution in [0.3, 0.4) is 0 Å². The summed E-state index contributed by atoms with van der Waals surface area (Å²) in [5.74, 6) is -2.21. The molecule has 4 heterocycles. The number of benzene rings is 1. The molecule has 5 rings (SSSR count). The fourth-order valence-corrected chi connectivity index (χ4v) is 5.73. The first-order valence-electron chi connectivity index (χ1n) is 14.2. The molecule has 14 heteroatoms. The van der Waals surface area contributed by atoms with Gasteiger partial charge in [0.2, 0.25) is 5.95 Å². The first-order valence-corrected chi connectivity index (χ1v) is 14.2. The summed E-state index contributed by atoms with van der Waals surface area (Å²) < 4.78 is 36.8. The molecule has 0 spiro atoms. The van der Waals surface area contributed by atoms with Gasteiger partial charge in [0.1, 0.15) is 11.6 Å². The van der Waals surface area contributed by atoms with Crippen molar-refractivity contribution in [3.8, 4) is 11.3 Å². The second-order valence-electron chi connectivity index (χ2n) is 11.2. The van der Waals surface area contributed by atoms with E-state index in [1.54, 1.807) is 45.6 Å². The zero-order valence-electron chi connectivity index (χ0n) is 25.1. The van der Waals surface area contributed by atoms with Gasteiger partial charge in [0, 0.05) is 38.4 Å². The van der Waals surface area contributed by atoms with E-state index in [1.807, 2.05) is 13.0 Å². The number of aromatic nitrogens is 4. The van der Waals surface area contributed by atoms with Crippen LogP contribution >= 0.6 is 0 Å². The Morgan fingerprint density at radius 1 is 1.14 bits per heavy atom. The number of halogens is 2. The van der Waals surface area contributed by atoms with Crippen LogP contribution in [-0.4, -0.2) is 81.9 Å². The van der Waals surface area contributed by atoms with Crippen molar-refractivity contribution < 1.29 is 23.1 Å². The second kappa shape index (κ2) is 12.4. The van der Waals surface area contributed by atoms with Gasteiger partial charge < -0.3 is 30.9 Å². The largest absolute Gasteiger partial charge is 0.453 e. The highest BCUT2D eigenvalue weighted by Crippen LogP contribution is 2.33. The fourth-order valence-electron chi connectivity index (χ4n) is 5.73. The maximum Gasteiger partial charge on any atom is 0.409 e. The number of nitrogens with two attached hydrogens (primary N) is 1. The number of carbonyl (C=O) groups excluding carboxylic acids is 2. The minimum Gasteiger partial charge on any atom is -0.453 e. The minimum absolute atomic E-state index is 0.0171. The topological polar surface area (TPSA) is 143 Å². The highest BCUT2D eigenvalue weighted by atomic mass is 19.1. The Labute approximate surface area is 253 Å². The number of piperidine rings is 1. The summed E-state index contributed by atoms with van der Waals surface area (Å²) in [6.45, 7) is 6.58. The SMILES string of the molecule is COC(=O)N(C)[C@@H]1[C@H](N)CN(c2ccncc2Nc2ncc3ccc(-c4c(F)ccc(C(=O)NC(C)C)c4F)nn23)C[C@@H]1C. The Bertz CT molecular complexity index is 1680. The van der Waals surface area contributed by atoms with Gasteiger partial charge in [0.25, 0.3) is 5.91 Å². The number of methoxy groups -OCH3 is 1. The number of anilines is 3. The number of amides is 2. The van der Waals surface area contributed by atoms with E-state index in [0.717, 1.165) is 17.8 Å². The lowest BCUT2D eigenvalue weighted by Gasteiger charge is -2.45. The molecule has 3 atom stereocenters. The molecule has 0 unspecified atom stereocenters. The predicted molar refractivity (Wildman–Crippen MR) is 162 cm³/mol. The van der Waals surface area contributed by atoms with Gasteiger partial charge in [0.15, 0.2) is 0 Å². The van der Waals surface area contributed by atoms with E-state index in [4.69, 9.17) is 10.5 Å². The normalized spacial score (nSPS) is 18.4. The highest BCUT2D eigenvalue weighted by Gasteiger charge is 2.38. The van der Waals surface area contributed by atoms with Crippen LogP contribution in [0.15, 0.2) is 48.9 Å². The molecule has 2 amide bonds. The third-order valence-electron chi connectivity index (χ3n) is 7.65. The number of hydrogen-bond acceptors (Lipinski definition) is 9. The van der Waals surface area contributed by atoms with Crippen molar-refractivity contribution in [3.05, 3.63) is 66.1 Å². The number of nitrogens with one attached hydrogen (secondary N) is 2. The molecule has 1 aliphatic heterocycles. The molecule has 232 valence electrons. The molecular weight excluding hydrogens is 572 g/mol. The van der Waals surface area contributed by atoms with Crippen LogP contribution in [-0.2, 0) is 4.74 Å². The van der Waals surface area contributed by atoms with E-state index in [-0.39, 0.29) is 41.2 Å². The van der Waals surface area contributed by atoms with Crippen molar-refractivity contribution in [1.29, 1.82) is 0 Å². The third-order valence-corrected chi connectivity index (χ3v) is 7.65. The van der Waals surface area contributed by atoms with Crippen LogP contribution in [0.4, 0.5) is 30.9 Å². The monoisotopic (exact) mass is 607 g/mol. The van der Waals surface area contributed by atoms with Crippen LogP contribution < -0.4 is 21.3 Å². The van der Waals surface area contributed by atoms with E-state index < -0.39 is 29.2 Å². The third kappa shape index (κ3) is 5.84. The smallest absolute Gasteiger partial charge is 0.409 e. The Hall–Kier alpha value is -4.85. The Morgan fingerprint density at radius 2 is 1.91 bits per heavy atom. The number of ether oxygens (including phenoxy) is 1. The molecule has 1 aliphatic rings. The molecule has 4 aromatic rings. The van der Waals surface area contributed by atoms with Crippen LogP contribution in [0.5, 0.6) is 0 Å². The molecule has 0 saturated carbocycles. The Balaban J connectivity index is 1.45. The molecule has 4 N–H and O–H groups in total. The molecule has 3 aromatic heterocycles. The van der Waals surface area contributed by atoms with Gasteiger partial charge in [-0.05, 0) is 50.1 Å². The van der Waals surface area contributed by atoms with Gasteiger partial charge in [-0.25, -0.2) is 18.6 Å². The summed E-state index contributed by atoms with van der Waals surface area (Å²) in [5, 5.41) is 10.4. The van der Waals surface area contributed by atoms with Gasteiger partial charge >= 0.3 is 6.09 Å². The lowest BCUT2D eigenvalue weighted by Crippen LogP contribution is -2.62. The Morgan fingerprint density at radius 3 is 2.61 bits per heavy atom. The number of rotatable bonds is 7. The molecule has 1 aromatic carbocycles. The van der Waals surface area contributed by atoms with Crippen LogP contribution in [0, 0.1) is 17.6 Å².